The lowest BCUT2D eigenvalue weighted by Crippen LogP contribution is -2.53. The Hall–Kier alpha value is -1.22. The van der Waals surface area contributed by atoms with Gasteiger partial charge in [0, 0.05) is 0 Å². The SMILES string of the molecule is CC(C)[C@H]1OS(=O)O[C@@H]1[C@H](Cc1ccccc1)NC(=O)O[Si](C)(C)C(C)(C)C. The lowest BCUT2D eigenvalue weighted by molar-refractivity contribution is 0.0825. The van der Waals surface area contributed by atoms with Crippen LogP contribution < -0.4 is 5.32 Å². The second-order valence-corrected chi connectivity index (χ2v) is 14.7. The van der Waals surface area contributed by atoms with Crippen molar-refractivity contribution in [3.63, 3.8) is 0 Å². The number of hydrogen-bond acceptors (Lipinski definition) is 5. The summed E-state index contributed by atoms with van der Waals surface area (Å²) >= 11 is -1.81. The molecule has 1 aromatic rings. The van der Waals surface area contributed by atoms with Gasteiger partial charge in [0.05, 0.1) is 6.04 Å². The first-order chi connectivity index (χ1) is 12.9. The molecule has 6 nitrogen and oxygen atoms in total. The van der Waals surface area contributed by atoms with Crippen LogP contribution in [-0.4, -0.2) is 36.9 Å². The van der Waals surface area contributed by atoms with E-state index >= 15 is 0 Å². The van der Waals surface area contributed by atoms with Crippen molar-refractivity contribution in [2.45, 2.75) is 77.4 Å². The topological polar surface area (TPSA) is 73.9 Å². The van der Waals surface area contributed by atoms with E-state index in [1.807, 2.05) is 57.3 Å². The zero-order valence-corrected chi connectivity index (χ0v) is 19.7. The summed E-state index contributed by atoms with van der Waals surface area (Å²) in [6.45, 7) is 14.3. The Morgan fingerprint density at radius 1 is 1.18 bits per heavy atom. The van der Waals surface area contributed by atoms with Gasteiger partial charge in [-0.3, -0.25) is 8.37 Å². The molecule has 8 heteroatoms. The standard InChI is InChI=1S/C20H33NO5SSi/c1-14(2)17-18(25-27(23)24-17)16(13-15-11-9-8-10-12-15)21-19(22)26-28(6,7)20(3,4)5/h8-12,14,16-18H,13H2,1-7H3,(H,21,22)/t16-,17+,18+,27?/m0/s1. The number of carbonyl (C=O) groups excluding carboxylic acids is 1. The largest absolute Gasteiger partial charge is 0.504 e. The summed E-state index contributed by atoms with van der Waals surface area (Å²) < 4.78 is 28.8. The van der Waals surface area contributed by atoms with Gasteiger partial charge in [-0.05, 0) is 36.0 Å². The smallest absolute Gasteiger partial charge is 0.393 e. The van der Waals surface area contributed by atoms with Crippen molar-refractivity contribution in [2.75, 3.05) is 0 Å². The van der Waals surface area contributed by atoms with E-state index in [1.165, 1.54) is 0 Å². The van der Waals surface area contributed by atoms with Gasteiger partial charge in [0.25, 0.3) is 8.32 Å². The molecule has 0 saturated carbocycles. The molecule has 1 aromatic carbocycles. The van der Waals surface area contributed by atoms with E-state index in [4.69, 9.17) is 12.8 Å². The highest BCUT2D eigenvalue weighted by Crippen LogP contribution is 2.36. The van der Waals surface area contributed by atoms with Crippen molar-refractivity contribution in [2.24, 2.45) is 5.92 Å². The fourth-order valence-electron chi connectivity index (χ4n) is 2.78. The average Bonchev–Trinajstić information content (AvgIpc) is 2.96. The molecule has 0 radical (unpaired) electrons. The van der Waals surface area contributed by atoms with Gasteiger partial charge in [-0.2, -0.15) is 4.21 Å². The Morgan fingerprint density at radius 2 is 1.75 bits per heavy atom. The Labute approximate surface area is 172 Å². The molecule has 1 aliphatic rings. The van der Waals surface area contributed by atoms with Crippen LogP contribution in [0.15, 0.2) is 30.3 Å². The van der Waals surface area contributed by atoms with E-state index in [1.54, 1.807) is 0 Å². The number of carbonyl (C=O) groups is 1. The molecule has 1 N–H and O–H groups in total. The van der Waals surface area contributed by atoms with E-state index in [-0.39, 0.29) is 17.1 Å². The van der Waals surface area contributed by atoms with Crippen LogP contribution in [0.25, 0.3) is 0 Å². The van der Waals surface area contributed by atoms with Crippen molar-refractivity contribution in [1.29, 1.82) is 0 Å². The van der Waals surface area contributed by atoms with Crippen LogP contribution in [0.5, 0.6) is 0 Å². The molecule has 0 spiro atoms. The van der Waals surface area contributed by atoms with Gasteiger partial charge in [0.2, 0.25) is 0 Å². The van der Waals surface area contributed by atoms with Crippen LogP contribution in [0.3, 0.4) is 0 Å². The van der Waals surface area contributed by atoms with Gasteiger partial charge >= 0.3 is 17.5 Å². The summed E-state index contributed by atoms with van der Waals surface area (Å²) in [6, 6.07) is 9.41. The van der Waals surface area contributed by atoms with E-state index < -0.39 is 37.9 Å². The zero-order chi connectivity index (χ0) is 21.1. The highest BCUT2D eigenvalue weighted by Gasteiger charge is 2.45. The molecule has 158 valence electrons. The van der Waals surface area contributed by atoms with Crippen molar-refractivity contribution < 1.29 is 21.8 Å². The van der Waals surface area contributed by atoms with E-state index in [0.29, 0.717) is 6.42 Å². The number of hydrogen-bond donors (Lipinski definition) is 1. The summed E-state index contributed by atoms with van der Waals surface area (Å²) in [5.74, 6) is 0.0907. The fraction of sp³-hybridized carbons (Fsp3) is 0.650. The lowest BCUT2D eigenvalue weighted by Gasteiger charge is -2.36. The Morgan fingerprint density at radius 3 is 2.29 bits per heavy atom. The highest BCUT2D eigenvalue weighted by atomic mass is 32.2. The number of nitrogens with one attached hydrogen (secondary N) is 1. The third kappa shape index (κ3) is 5.89. The third-order valence-electron chi connectivity index (χ3n) is 5.51. The maximum atomic E-state index is 12.7. The predicted molar refractivity (Wildman–Crippen MR) is 113 cm³/mol. The van der Waals surface area contributed by atoms with Crippen molar-refractivity contribution >= 4 is 25.8 Å². The summed E-state index contributed by atoms with van der Waals surface area (Å²) in [5, 5.41) is 2.89. The zero-order valence-electron chi connectivity index (χ0n) is 17.9. The lowest BCUT2D eigenvalue weighted by atomic mass is 9.92. The van der Waals surface area contributed by atoms with Gasteiger partial charge in [0.15, 0.2) is 0 Å². The monoisotopic (exact) mass is 427 g/mol. The molecule has 1 aliphatic heterocycles. The third-order valence-corrected chi connectivity index (χ3v) is 10.6. The van der Waals surface area contributed by atoms with Crippen LogP contribution in [-0.2, 0) is 30.6 Å². The minimum Gasteiger partial charge on any atom is -0.504 e. The van der Waals surface area contributed by atoms with Gasteiger partial charge in [-0.15, -0.1) is 0 Å². The predicted octanol–water partition coefficient (Wildman–Crippen LogP) is 4.35. The van der Waals surface area contributed by atoms with Gasteiger partial charge in [-0.1, -0.05) is 65.0 Å². The van der Waals surface area contributed by atoms with Crippen LogP contribution in [0.1, 0.15) is 40.2 Å². The minimum absolute atomic E-state index is 0.0891. The number of benzene rings is 1. The van der Waals surface area contributed by atoms with E-state index in [2.05, 4.69) is 26.1 Å². The molecule has 1 fully saturated rings. The second kappa shape index (κ2) is 9.07. The molecule has 1 heterocycles. The molecule has 4 atom stereocenters. The maximum absolute atomic E-state index is 12.7. The summed E-state index contributed by atoms with van der Waals surface area (Å²) in [5.41, 5.74) is 1.05. The fourth-order valence-corrected chi connectivity index (χ4v) is 4.60. The Kier molecular flexibility index (Phi) is 7.47. The van der Waals surface area contributed by atoms with Crippen LogP contribution in [0, 0.1) is 5.92 Å². The van der Waals surface area contributed by atoms with Gasteiger partial charge < -0.3 is 9.74 Å². The van der Waals surface area contributed by atoms with Crippen molar-refractivity contribution in [1.82, 2.24) is 5.32 Å². The molecule has 1 saturated heterocycles. The van der Waals surface area contributed by atoms with Crippen molar-refractivity contribution in [3.8, 4) is 0 Å². The first-order valence-corrected chi connectivity index (χ1v) is 13.6. The van der Waals surface area contributed by atoms with Crippen LogP contribution in [0.4, 0.5) is 4.79 Å². The maximum Gasteiger partial charge on any atom is 0.393 e. The summed E-state index contributed by atoms with van der Waals surface area (Å²) in [4.78, 5) is 12.7. The highest BCUT2D eigenvalue weighted by molar-refractivity contribution is 7.75. The minimum atomic E-state index is -2.26. The first kappa shape index (κ1) is 23.1. The van der Waals surface area contributed by atoms with Crippen LogP contribution >= 0.6 is 0 Å². The molecule has 0 aromatic heterocycles. The molecule has 28 heavy (non-hydrogen) atoms. The molecule has 0 aliphatic carbocycles. The Bertz CT molecular complexity index is 690. The van der Waals surface area contributed by atoms with E-state index in [9.17, 15) is 9.00 Å². The van der Waals surface area contributed by atoms with Gasteiger partial charge in [0.1, 0.15) is 12.2 Å². The quantitative estimate of drug-likeness (QED) is 0.683. The summed E-state index contributed by atoms with van der Waals surface area (Å²) in [6.07, 6.45) is -0.825. The van der Waals surface area contributed by atoms with E-state index in [0.717, 1.165) is 5.56 Å². The van der Waals surface area contributed by atoms with Gasteiger partial charge in [-0.25, -0.2) is 4.79 Å². The first-order valence-electron chi connectivity index (χ1n) is 9.70. The molecular formula is C20H33NO5SSi. The molecular weight excluding hydrogens is 394 g/mol. The number of rotatable bonds is 6. The van der Waals surface area contributed by atoms with Crippen molar-refractivity contribution in [3.05, 3.63) is 35.9 Å². The normalized spacial score (nSPS) is 24.2. The van der Waals surface area contributed by atoms with Crippen LogP contribution in [0.2, 0.25) is 18.1 Å². The summed E-state index contributed by atoms with van der Waals surface area (Å²) in [7, 11) is -2.26. The molecule has 0 bridgehead atoms. The Balaban J connectivity index is 2.21. The molecule has 2 rings (SSSR count). The second-order valence-electron chi connectivity index (χ2n) is 9.16. The molecule has 1 amide bonds. The molecule has 1 unspecified atom stereocenters. The number of amides is 1. The average molecular weight is 428 g/mol.